The number of methoxy groups -OCH3 is 1. The van der Waals surface area contributed by atoms with Crippen molar-refractivity contribution in [3.05, 3.63) is 35.6 Å². The Morgan fingerprint density at radius 1 is 1.41 bits per heavy atom. The monoisotopic (exact) mass is 380 g/mol. The Labute approximate surface area is 157 Å². The highest BCUT2D eigenvalue weighted by molar-refractivity contribution is 5.91. The smallest absolute Gasteiger partial charge is 0.337 e. The van der Waals surface area contributed by atoms with Gasteiger partial charge in [-0.1, -0.05) is 6.58 Å². The molecule has 27 heavy (non-hydrogen) atoms. The van der Waals surface area contributed by atoms with Gasteiger partial charge in [0.2, 0.25) is 0 Å². The first-order valence-corrected chi connectivity index (χ1v) is 8.84. The molecule has 8 heteroatoms. The fourth-order valence-electron chi connectivity index (χ4n) is 3.52. The number of carbonyl (C=O) groups excluding carboxylic acids is 2. The van der Waals surface area contributed by atoms with Crippen LogP contribution in [0, 0.1) is 5.92 Å². The van der Waals surface area contributed by atoms with Crippen molar-refractivity contribution in [1.29, 1.82) is 0 Å². The van der Waals surface area contributed by atoms with Crippen LogP contribution in [0.5, 0.6) is 0 Å². The molecule has 0 saturated carbocycles. The third-order valence-electron chi connectivity index (χ3n) is 4.76. The highest BCUT2D eigenvalue weighted by atomic mass is 16.7. The van der Waals surface area contributed by atoms with E-state index < -0.39 is 24.2 Å². The fourth-order valence-corrected chi connectivity index (χ4v) is 3.52. The average molecular weight is 380 g/mol. The van der Waals surface area contributed by atoms with Gasteiger partial charge >= 0.3 is 11.9 Å². The first-order chi connectivity index (χ1) is 12.9. The van der Waals surface area contributed by atoms with Crippen molar-refractivity contribution in [3.63, 3.8) is 0 Å². The zero-order valence-corrected chi connectivity index (χ0v) is 15.7. The third kappa shape index (κ3) is 3.65. The van der Waals surface area contributed by atoms with E-state index in [1.54, 1.807) is 19.9 Å². The largest absolute Gasteiger partial charge is 0.462 e. The summed E-state index contributed by atoms with van der Waals surface area (Å²) in [7, 11) is 1.47. The Morgan fingerprint density at radius 2 is 2.11 bits per heavy atom. The minimum atomic E-state index is -1.33. The second kappa shape index (κ2) is 7.84. The Bertz CT molecular complexity index is 688. The van der Waals surface area contributed by atoms with Crippen LogP contribution < -0.4 is 0 Å². The van der Waals surface area contributed by atoms with E-state index in [0.29, 0.717) is 24.5 Å². The van der Waals surface area contributed by atoms with Gasteiger partial charge in [0.1, 0.15) is 5.76 Å². The molecule has 0 amide bonds. The lowest BCUT2D eigenvalue weighted by Crippen LogP contribution is -2.50. The maximum atomic E-state index is 12.0. The normalized spacial score (nSPS) is 32.3. The highest BCUT2D eigenvalue weighted by Crippen LogP contribution is 2.45. The van der Waals surface area contributed by atoms with E-state index in [9.17, 15) is 9.59 Å². The molecule has 2 fully saturated rings. The number of esters is 2. The molecule has 0 aromatic carbocycles. The highest BCUT2D eigenvalue weighted by Gasteiger charge is 2.58. The van der Waals surface area contributed by atoms with E-state index in [1.165, 1.54) is 13.2 Å². The summed E-state index contributed by atoms with van der Waals surface area (Å²) in [6.45, 7) is 8.38. The van der Waals surface area contributed by atoms with Gasteiger partial charge in [0, 0.05) is 12.7 Å². The van der Waals surface area contributed by atoms with E-state index >= 15 is 0 Å². The summed E-state index contributed by atoms with van der Waals surface area (Å²) in [6.07, 6.45) is 2.01. The molecule has 0 radical (unpaired) electrons. The van der Waals surface area contributed by atoms with Gasteiger partial charge in [-0.05, 0) is 26.0 Å². The van der Waals surface area contributed by atoms with Gasteiger partial charge in [0.15, 0.2) is 12.4 Å². The van der Waals surface area contributed by atoms with Gasteiger partial charge in [0.05, 0.1) is 37.7 Å². The van der Waals surface area contributed by atoms with Crippen molar-refractivity contribution in [2.75, 3.05) is 26.9 Å². The molecular formula is C19H24O8. The molecule has 3 rings (SSSR count). The Morgan fingerprint density at radius 3 is 2.74 bits per heavy atom. The van der Waals surface area contributed by atoms with E-state index in [0.717, 1.165) is 0 Å². The van der Waals surface area contributed by atoms with Crippen LogP contribution >= 0.6 is 0 Å². The molecule has 0 N–H and O–H groups in total. The topological polar surface area (TPSA) is 89.5 Å². The lowest BCUT2D eigenvalue weighted by atomic mass is 9.90. The summed E-state index contributed by atoms with van der Waals surface area (Å²) in [5, 5.41) is 0. The molecule has 3 atom stereocenters. The van der Waals surface area contributed by atoms with Crippen LogP contribution in [-0.2, 0) is 38.0 Å². The molecule has 0 bridgehead atoms. The van der Waals surface area contributed by atoms with Crippen LogP contribution in [0.4, 0.5) is 0 Å². The summed E-state index contributed by atoms with van der Waals surface area (Å²) >= 11 is 0. The van der Waals surface area contributed by atoms with Crippen molar-refractivity contribution in [2.45, 2.75) is 38.4 Å². The van der Waals surface area contributed by atoms with Crippen LogP contribution in [-0.4, -0.2) is 57.1 Å². The van der Waals surface area contributed by atoms with Gasteiger partial charge in [0.25, 0.3) is 5.79 Å². The zero-order chi connectivity index (χ0) is 19.6. The van der Waals surface area contributed by atoms with Crippen LogP contribution in [0.3, 0.4) is 0 Å². The van der Waals surface area contributed by atoms with Crippen LogP contribution in [0.1, 0.15) is 20.3 Å². The number of allylic oxidation sites excluding steroid dienone is 1. The van der Waals surface area contributed by atoms with Crippen molar-refractivity contribution in [2.24, 2.45) is 5.92 Å². The summed E-state index contributed by atoms with van der Waals surface area (Å²) in [5.41, 5.74) is 0.834. The van der Waals surface area contributed by atoms with Gasteiger partial charge in [-0.2, -0.15) is 0 Å². The molecule has 2 saturated heterocycles. The summed E-state index contributed by atoms with van der Waals surface area (Å²) in [5.74, 6) is -2.25. The van der Waals surface area contributed by atoms with Crippen LogP contribution in [0.15, 0.2) is 35.6 Å². The Kier molecular flexibility index (Phi) is 5.69. The maximum Gasteiger partial charge on any atom is 0.337 e. The molecule has 8 nitrogen and oxygen atoms in total. The predicted molar refractivity (Wildman–Crippen MR) is 92.1 cm³/mol. The molecule has 0 aliphatic carbocycles. The van der Waals surface area contributed by atoms with Crippen molar-refractivity contribution >= 4 is 11.9 Å². The molecule has 3 aliphatic rings. The number of hydrogen-bond acceptors (Lipinski definition) is 8. The summed E-state index contributed by atoms with van der Waals surface area (Å²) in [6, 6.07) is 0. The molecular weight excluding hydrogens is 356 g/mol. The molecule has 148 valence electrons. The fraction of sp³-hybridized carbons (Fsp3) is 0.579. The first kappa shape index (κ1) is 19.6. The minimum absolute atomic E-state index is 0.144. The SMILES string of the molecule is C=C(/C=C1/C=C(C)C(OC)([C@H]2OC(=O)C[C@@H]2C2OCCO2)O1)C(=O)OCC. The van der Waals surface area contributed by atoms with Crippen molar-refractivity contribution in [1.82, 2.24) is 0 Å². The molecule has 0 aromatic heterocycles. The second-order valence-corrected chi connectivity index (χ2v) is 6.48. The summed E-state index contributed by atoms with van der Waals surface area (Å²) < 4.78 is 33.3. The standard InChI is InChI=1S/C19H24O8/c1-5-23-17(21)11(2)8-13-9-12(3)19(22-4,27-13)16-14(10-15(20)26-16)18-24-6-7-25-18/h8-9,14,16,18H,2,5-7,10H2,1,3-4H3/b13-8-/t14-,16-,19?/m0/s1. The van der Waals surface area contributed by atoms with Crippen LogP contribution in [0.25, 0.3) is 0 Å². The number of hydrogen-bond donors (Lipinski definition) is 0. The van der Waals surface area contributed by atoms with Gasteiger partial charge < -0.3 is 28.4 Å². The quantitative estimate of drug-likeness (QED) is 0.507. The lowest BCUT2D eigenvalue weighted by molar-refractivity contribution is -0.242. The Hall–Kier alpha value is -2.16. The van der Waals surface area contributed by atoms with Crippen LogP contribution in [0.2, 0.25) is 0 Å². The van der Waals surface area contributed by atoms with E-state index in [4.69, 9.17) is 28.4 Å². The number of cyclic esters (lactones) is 1. The van der Waals surface area contributed by atoms with Gasteiger partial charge in [-0.3, -0.25) is 4.79 Å². The predicted octanol–water partition coefficient (Wildman–Crippen LogP) is 1.61. The van der Waals surface area contributed by atoms with E-state index in [2.05, 4.69) is 6.58 Å². The zero-order valence-electron chi connectivity index (χ0n) is 15.7. The minimum Gasteiger partial charge on any atom is -0.462 e. The molecule has 3 heterocycles. The van der Waals surface area contributed by atoms with Gasteiger partial charge in [-0.15, -0.1) is 0 Å². The molecule has 3 aliphatic heterocycles. The number of ether oxygens (including phenoxy) is 6. The third-order valence-corrected chi connectivity index (χ3v) is 4.76. The summed E-state index contributed by atoms with van der Waals surface area (Å²) in [4.78, 5) is 23.8. The molecule has 0 spiro atoms. The maximum absolute atomic E-state index is 12.0. The van der Waals surface area contributed by atoms with Crippen molar-refractivity contribution < 1.29 is 38.0 Å². The van der Waals surface area contributed by atoms with Gasteiger partial charge in [-0.25, -0.2) is 4.79 Å². The number of rotatable bonds is 6. The van der Waals surface area contributed by atoms with Crippen molar-refractivity contribution in [3.8, 4) is 0 Å². The van der Waals surface area contributed by atoms with E-state index in [-0.39, 0.29) is 30.5 Å². The number of carbonyl (C=O) groups is 2. The average Bonchev–Trinajstić information content (AvgIpc) is 3.34. The van der Waals surface area contributed by atoms with E-state index in [1.807, 2.05) is 0 Å². The first-order valence-electron chi connectivity index (χ1n) is 8.84. The lowest BCUT2D eigenvalue weighted by Gasteiger charge is -2.37. The second-order valence-electron chi connectivity index (χ2n) is 6.48. The molecule has 0 aromatic rings. The Balaban J connectivity index is 1.84. The molecule has 1 unspecified atom stereocenters.